The van der Waals surface area contributed by atoms with Gasteiger partial charge in [-0.25, -0.2) is 9.37 Å². The van der Waals surface area contributed by atoms with Crippen molar-refractivity contribution in [3.05, 3.63) is 88.2 Å². The fraction of sp³-hybridized carbons (Fsp3) is 0.0476. The Balaban J connectivity index is 1.68. The van der Waals surface area contributed by atoms with Crippen LogP contribution < -0.4 is 4.90 Å². The molecule has 1 amide bonds. The standard InChI is InChI=1S/C21H15FN2OS2/c22-16-10-8-15(9-11-16)19-14-27-21(23-19)24(17-5-2-1-3-6-17)20(25)13-18-7-4-12-26-18/h1-12,14H,13H2. The lowest BCUT2D eigenvalue weighted by Crippen LogP contribution is -2.27. The molecule has 0 N–H and O–H groups in total. The number of hydrogen-bond donors (Lipinski definition) is 0. The predicted molar refractivity (Wildman–Crippen MR) is 109 cm³/mol. The highest BCUT2D eigenvalue weighted by molar-refractivity contribution is 7.14. The van der Waals surface area contributed by atoms with Gasteiger partial charge in [-0.15, -0.1) is 22.7 Å². The third kappa shape index (κ3) is 3.97. The van der Waals surface area contributed by atoms with Crippen molar-refractivity contribution in [2.45, 2.75) is 6.42 Å². The minimum Gasteiger partial charge on any atom is -0.274 e. The number of thiazole rings is 1. The first kappa shape index (κ1) is 17.6. The summed E-state index contributed by atoms with van der Waals surface area (Å²) in [5.41, 5.74) is 2.32. The molecule has 0 aliphatic rings. The van der Waals surface area contributed by atoms with Crippen molar-refractivity contribution in [2.75, 3.05) is 4.90 Å². The average molecular weight is 394 g/mol. The van der Waals surface area contributed by atoms with Crippen LogP contribution in [0.4, 0.5) is 15.2 Å². The van der Waals surface area contributed by atoms with Gasteiger partial charge in [0.2, 0.25) is 5.91 Å². The van der Waals surface area contributed by atoms with E-state index in [1.807, 2.05) is 53.2 Å². The molecular weight excluding hydrogens is 379 g/mol. The average Bonchev–Trinajstić information content (AvgIpc) is 3.36. The van der Waals surface area contributed by atoms with E-state index >= 15 is 0 Å². The molecule has 0 saturated carbocycles. The zero-order valence-corrected chi connectivity index (χ0v) is 15.8. The molecule has 0 saturated heterocycles. The van der Waals surface area contributed by atoms with Gasteiger partial charge < -0.3 is 0 Å². The Bertz CT molecular complexity index is 1030. The number of carbonyl (C=O) groups is 1. The van der Waals surface area contributed by atoms with Crippen LogP contribution >= 0.6 is 22.7 Å². The van der Waals surface area contributed by atoms with Gasteiger partial charge in [0.1, 0.15) is 5.82 Å². The highest BCUT2D eigenvalue weighted by Gasteiger charge is 2.22. The molecule has 134 valence electrons. The number of hydrogen-bond acceptors (Lipinski definition) is 4. The van der Waals surface area contributed by atoms with Crippen LogP contribution in [-0.2, 0) is 11.2 Å². The number of amides is 1. The van der Waals surface area contributed by atoms with Crippen LogP contribution in [0.2, 0.25) is 0 Å². The van der Waals surface area contributed by atoms with Crippen molar-refractivity contribution in [3.8, 4) is 11.3 Å². The molecule has 2 aromatic carbocycles. The zero-order valence-electron chi connectivity index (χ0n) is 14.2. The van der Waals surface area contributed by atoms with Crippen molar-refractivity contribution in [3.63, 3.8) is 0 Å². The normalized spacial score (nSPS) is 10.7. The molecule has 0 atom stereocenters. The zero-order chi connectivity index (χ0) is 18.6. The molecule has 0 spiro atoms. The fourth-order valence-electron chi connectivity index (χ4n) is 2.70. The Morgan fingerprint density at radius 1 is 0.963 bits per heavy atom. The second kappa shape index (κ2) is 7.82. The first-order valence-electron chi connectivity index (χ1n) is 8.32. The Kier molecular flexibility index (Phi) is 5.09. The minimum absolute atomic E-state index is 0.0383. The van der Waals surface area contributed by atoms with Crippen molar-refractivity contribution in [1.82, 2.24) is 4.98 Å². The second-order valence-corrected chi connectivity index (χ2v) is 7.71. The van der Waals surface area contributed by atoms with Crippen molar-refractivity contribution >= 4 is 39.4 Å². The molecular formula is C21H15FN2OS2. The van der Waals surface area contributed by atoms with Gasteiger partial charge in [-0.05, 0) is 47.8 Å². The molecule has 0 radical (unpaired) electrons. The van der Waals surface area contributed by atoms with E-state index in [4.69, 9.17) is 0 Å². The van der Waals surface area contributed by atoms with E-state index < -0.39 is 0 Å². The third-order valence-electron chi connectivity index (χ3n) is 3.99. The monoisotopic (exact) mass is 394 g/mol. The molecule has 0 unspecified atom stereocenters. The van der Waals surface area contributed by atoms with Gasteiger partial charge in [-0.3, -0.25) is 9.69 Å². The van der Waals surface area contributed by atoms with Crippen molar-refractivity contribution in [1.29, 1.82) is 0 Å². The van der Waals surface area contributed by atoms with Gasteiger partial charge in [-0.2, -0.15) is 0 Å². The summed E-state index contributed by atoms with van der Waals surface area (Å²) in [6, 6.07) is 19.6. The summed E-state index contributed by atoms with van der Waals surface area (Å²) in [5.74, 6) is -0.324. The third-order valence-corrected chi connectivity index (χ3v) is 5.69. The number of nitrogens with zero attached hydrogens (tertiary/aromatic N) is 2. The molecule has 6 heteroatoms. The van der Waals surface area contributed by atoms with Crippen molar-refractivity contribution in [2.24, 2.45) is 0 Å². The van der Waals surface area contributed by atoms with Crippen LogP contribution in [0.25, 0.3) is 11.3 Å². The maximum atomic E-state index is 13.2. The summed E-state index contributed by atoms with van der Waals surface area (Å²) < 4.78 is 13.2. The molecule has 27 heavy (non-hydrogen) atoms. The molecule has 0 aliphatic heterocycles. The molecule has 0 aliphatic carbocycles. The van der Waals surface area contributed by atoms with Gasteiger partial charge in [0.25, 0.3) is 0 Å². The molecule has 4 rings (SSSR count). The largest absolute Gasteiger partial charge is 0.274 e. The molecule has 4 aromatic rings. The SMILES string of the molecule is O=C(Cc1cccs1)N(c1ccccc1)c1nc(-c2ccc(F)cc2)cs1. The van der Waals surface area contributed by atoms with Gasteiger partial charge in [0.05, 0.1) is 17.8 Å². The highest BCUT2D eigenvalue weighted by atomic mass is 32.1. The van der Waals surface area contributed by atoms with Crippen LogP contribution in [0.1, 0.15) is 4.88 Å². The molecule has 2 heterocycles. The molecule has 0 fully saturated rings. The van der Waals surface area contributed by atoms with Gasteiger partial charge in [0.15, 0.2) is 5.13 Å². The number of anilines is 2. The summed E-state index contributed by atoms with van der Waals surface area (Å²) in [4.78, 5) is 20.4. The lowest BCUT2D eigenvalue weighted by Gasteiger charge is -2.19. The van der Waals surface area contributed by atoms with E-state index in [0.717, 1.165) is 21.8 Å². The Hall–Kier alpha value is -2.83. The Labute approximate surface area is 164 Å². The quantitative estimate of drug-likeness (QED) is 0.421. The van der Waals surface area contributed by atoms with E-state index in [1.165, 1.54) is 23.5 Å². The number of thiophene rings is 1. The molecule has 0 bridgehead atoms. The molecule has 2 aromatic heterocycles. The topological polar surface area (TPSA) is 33.2 Å². The predicted octanol–water partition coefficient (Wildman–Crippen LogP) is 5.92. The molecule has 3 nitrogen and oxygen atoms in total. The van der Waals surface area contributed by atoms with E-state index in [2.05, 4.69) is 4.98 Å². The van der Waals surface area contributed by atoms with Gasteiger partial charge in [-0.1, -0.05) is 24.3 Å². The van der Waals surface area contributed by atoms with Gasteiger partial charge >= 0.3 is 0 Å². The maximum absolute atomic E-state index is 13.2. The number of halogens is 1. The summed E-state index contributed by atoms with van der Waals surface area (Å²) in [6.45, 7) is 0. The highest BCUT2D eigenvalue weighted by Crippen LogP contribution is 2.33. The van der Waals surface area contributed by atoms with E-state index in [9.17, 15) is 9.18 Å². The van der Waals surface area contributed by atoms with Crippen LogP contribution in [0.3, 0.4) is 0 Å². The van der Waals surface area contributed by atoms with Crippen molar-refractivity contribution < 1.29 is 9.18 Å². The summed E-state index contributed by atoms with van der Waals surface area (Å²) in [7, 11) is 0. The van der Waals surface area contributed by atoms with Crippen LogP contribution in [0, 0.1) is 5.82 Å². The van der Waals surface area contributed by atoms with Crippen LogP contribution in [0.5, 0.6) is 0 Å². The van der Waals surface area contributed by atoms with Gasteiger partial charge in [0, 0.05) is 15.8 Å². The lowest BCUT2D eigenvalue weighted by molar-refractivity contribution is -0.117. The lowest BCUT2D eigenvalue weighted by atomic mass is 10.2. The summed E-state index contributed by atoms with van der Waals surface area (Å²) in [5, 5.41) is 4.45. The summed E-state index contributed by atoms with van der Waals surface area (Å²) in [6.07, 6.45) is 0.317. The number of para-hydroxylation sites is 1. The first-order valence-corrected chi connectivity index (χ1v) is 10.1. The fourth-order valence-corrected chi connectivity index (χ4v) is 4.27. The van der Waals surface area contributed by atoms with Crippen LogP contribution in [-0.4, -0.2) is 10.9 Å². The van der Waals surface area contributed by atoms with E-state index in [0.29, 0.717) is 11.6 Å². The number of rotatable bonds is 5. The van der Waals surface area contributed by atoms with E-state index in [1.54, 1.807) is 28.4 Å². The maximum Gasteiger partial charge on any atom is 0.238 e. The first-order chi connectivity index (χ1) is 13.2. The Morgan fingerprint density at radius 3 is 2.44 bits per heavy atom. The number of carbonyl (C=O) groups excluding carboxylic acids is 1. The summed E-state index contributed by atoms with van der Waals surface area (Å²) >= 11 is 2.96. The van der Waals surface area contributed by atoms with E-state index in [-0.39, 0.29) is 11.7 Å². The minimum atomic E-state index is -0.286. The van der Waals surface area contributed by atoms with Crippen LogP contribution in [0.15, 0.2) is 77.5 Å². The number of benzene rings is 2. The Morgan fingerprint density at radius 2 is 1.74 bits per heavy atom. The second-order valence-electron chi connectivity index (χ2n) is 5.84. The number of aromatic nitrogens is 1. The smallest absolute Gasteiger partial charge is 0.238 e.